The van der Waals surface area contributed by atoms with Crippen LogP contribution in [0.5, 0.6) is 0 Å². The highest BCUT2D eigenvalue weighted by Gasteiger charge is 2.26. The maximum atomic E-state index is 11.4. The molecular weight excluding hydrogens is 176 g/mol. The largest absolute Gasteiger partial charge is 0.313 e. The molecule has 1 rings (SSSR count). The standard InChI is InChI=1S/C7H13N2O2S/c1-2-5-12(10,11)7-6-8-3-4-9-7/h2,7-8H,1,3-6H2. The van der Waals surface area contributed by atoms with Gasteiger partial charge in [-0.1, -0.05) is 6.08 Å². The minimum atomic E-state index is -3.08. The van der Waals surface area contributed by atoms with E-state index in [0.717, 1.165) is 6.54 Å². The van der Waals surface area contributed by atoms with Crippen LogP contribution in [-0.2, 0) is 9.84 Å². The smallest absolute Gasteiger partial charge is 0.172 e. The van der Waals surface area contributed by atoms with E-state index in [0.29, 0.717) is 13.1 Å². The number of nitrogens with zero attached hydrogens (tertiary/aromatic N) is 1. The Labute approximate surface area is 73.0 Å². The second-order valence-corrected chi connectivity index (χ2v) is 4.89. The van der Waals surface area contributed by atoms with Crippen molar-refractivity contribution in [3.05, 3.63) is 12.7 Å². The molecule has 1 aliphatic rings. The third-order valence-corrected chi connectivity index (χ3v) is 3.55. The van der Waals surface area contributed by atoms with E-state index in [2.05, 4.69) is 17.2 Å². The van der Waals surface area contributed by atoms with Crippen molar-refractivity contribution in [1.29, 1.82) is 0 Å². The van der Waals surface area contributed by atoms with E-state index >= 15 is 0 Å². The summed E-state index contributed by atoms with van der Waals surface area (Å²) < 4.78 is 22.8. The molecule has 12 heavy (non-hydrogen) atoms. The van der Waals surface area contributed by atoms with E-state index < -0.39 is 15.2 Å². The Bertz CT molecular complexity index is 242. The Kier molecular flexibility index (Phi) is 3.25. The van der Waals surface area contributed by atoms with Crippen molar-refractivity contribution in [2.45, 2.75) is 5.37 Å². The van der Waals surface area contributed by atoms with Crippen LogP contribution in [0.25, 0.3) is 0 Å². The normalized spacial score (nSPS) is 25.2. The van der Waals surface area contributed by atoms with Crippen molar-refractivity contribution in [3.8, 4) is 0 Å². The van der Waals surface area contributed by atoms with Crippen molar-refractivity contribution in [1.82, 2.24) is 10.6 Å². The molecule has 1 radical (unpaired) electrons. The molecule has 4 nitrogen and oxygen atoms in total. The summed E-state index contributed by atoms with van der Waals surface area (Å²) in [7, 11) is -3.08. The average Bonchev–Trinajstić information content (AvgIpc) is 2.06. The van der Waals surface area contributed by atoms with Gasteiger partial charge in [-0.15, -0.1) is 6.58 Å². The molecular formula is C7H13N2O2S. The van der Waals surface area contributed by atoms with Gasteiger partial charge in [-0.05, 0) is 0 Å². The molecule has 1 atom stereocenters. The summed E-state index contributed by atoms with van der Waals surface area (Å²) in [5.41, 5.74) is 0. The highest BCUT2D eigenvalue weighted by molar-refractivity contribution is 7.92. The topological polar surface area (TPSA) is 60.3 Å². The van der Waals surface area contributed by atoms with Crippen molar-refractivity contribution < 1.29 is 8.42 Å². The van der Waals surface area contributed by atoms with Gasteiger partial charge in [0.1, 0.15) is 5.37 Å². The second-order valence-electron chi connectivity index (χ2n) is 2.68. The molecule has 0 bridgehead atoms. The molecule has 0 aromatic heterocycles. The van der Waals surface area contributed by atoms with Gasteiger partial charge in [0.25, 0.3) is 0 Å². The Hall–Kier alpha value is -0.390. The van der Waals surface area contributed by atoms with Crippen LogP contribution < -0.4 is 10.6 Å². The monoisotopic (exact) mass is 189 g/mol. The molecule has 1 heterocycles. The average molecular weight is 189 g/mol. The number of hydrogen-bond acceptors (Lipinski definition) is 3. The molecule has 1 saturated heterocycles. The minimum absolute atomic E-state index is 0.0167. The molecule has 0 saturated carbocycles. The molecule has 0 spiro atoms. The number of nitrogens with one attached hydrogen (secondary N) is 1. The SMILES string of the molecule is C=CCS(=O)(=O)C1CNCC[N]1. The third-order valence-electron chi connectivity index (χ3n) is 1.70. The van der Waals surface area contributed by atoms with Crippen molar-refractivity contribution in [3.63, 3.8) is 0 Å². The lowest BCUT2D eigenvalue weighted by Gasteiger charge is -2.21. The van der Waals surface area contributed by atoms with Gasteiger partial charge >= 0.3 is 0 Å². The van der Waals surface area contributed by atoms with Gasteiger partial charge in [0.2, 0.25) is 0 Å². The Morgan fingerprint density at radius 2 is 2.42 bits per heavy atom. The fraction of sp³-hybridized carbons (Fsp3) is 0.714. The van der Waals surface area contributed by atoms with Crippen LogP contribution in [-0.4, -0.2) is 39.2 Å². The molecule has 5 heteroatoms. The summed E-state index contributed by atoms with van der Waals surface area (Å²) in [5.74, 6) is 0.0167. The molecule has 69 valence electrons. The summed E-state index contributed by atoms with van der Waals surface area (Å²) in [5, 5.41) is 6.45. The summed E-state index contributed by atoms with van der Waals surface area (Å²) in [4.78, 5) is 0. The lowest BCUT2D eigenvalue weighted by atomic mass is 10.4. The number of sulfone groups is 1. The Balaban J connectivity index is 2.60. The number of rotatable bonds is 3. The van der Waals surface area contributed by atoms with Crippen LogP contribution in [0.1, 0.15) is 0 Å². The number of piperazine rings is 1. The fourth-order valence-corrected chi connectivity index (χ4v) is 2.35. The van der Waals surface area contributed by atoms with E-state index in [9.17, 15) is 8.42 Å². The molecule has 0 aliphatic carbocycles. The van der Waals surface area contributed by atoms with E-state index in [4.69, 9.17) is 0 Å². The highest BCUT2D eigenvalue weighted by Crippen LogP contribution is 2.02. The lowest BCUT2D eigenvalue weighted by Crippen LogP contribution is -2.48. The molecule has 0 amide bonds. The lowest BCUT2D eigenvalue weighted by molar-refractivity contribution is 0.469. The van der Waals surface area contributed by atoms with Gasteiger partial charge in [-0.2, -0.15) is 0 Å². The van der Waals surface area contributed by atoms with Crippen LogP contribution in [0.2, 0.25) is 0 Å². The molecule has 0 aromatic carbocycles. The maximum absolute atomic E-state index is 11.4. The van der Waals surface area contributed by atoms with Crippen molar-refractivity contribution >= 4 is 9.84 Å². The zero-order valence-corrected chi connectivity index (χ0v) is 7.68. The van der Waals surface area contributed by atoms with Gasteiger partial charge in [-0.25, -0.2) is 13.7 Å². The van der Waals surface area contributed by atoms with Gasteiger partial charge in [-0.3, -0.25) is 0 Å². The molecule has 1 unspecified atom stereocenters. The minimum Gasteiger partial charge on any atom is -0.313 e. The third kappa shape index (κ3) is 2.30. The summed E-state index contributed by atoms with van der Waals surface area (Å²) in [6, 6.07) is 0. The maximum Gasteiger partial charge on any atom is 0.172 e. The van der Waals surface area contributed by atoms with Crippen molar-refractivity contribution in [2.24, 2.45) is 0 Å². The summed E-state index contributed by atoms with van der Waals surface area (Å²) >= 11 is 0. The van der Waals surface area contributed by atoms with Crippen LogP contribution in [0, 0.1) is 0 Å². The molecule has 1 N–H and O–H groups in total. The van der Waals surface area contributed by atoms with Crippen LogP contribution in [0.4, 0.5) is 0 Å². The first-order valence-corrected chi connectivity index (χ1v) is 5.58. The van der Waals surface area contributed by atoms with Gasteiger partial charge in [0.05, 0.1) is 5.75 Å². The molecule has 1 fully saturated rings. The quantitative estimate of drug-likeness (QED) is 0.587. The van der Waals surface area contributed by atoms with E-state index in [1.54, 1.807) is 0 Å². The van der Waals surface area contributed by atoms with Crippen LogP contribution in [0.3, 0.4) is 0 Å². The summed E-state index contributed by atoms with van der Waals surface area (Å²) in [6.07, 6.45) is 1.40. The van der Waals surface area contributed by atoms with Gasteiger partial charge in [0.15, 0.2) is 9.84 Å². The van der Waals surface area contributed by atoms with E-state index in [1.165, 1.54) is 6.08 Å². The highest BCUT2D eigenvalue weighted by atomic mass is 32.2. The van der Waals surface area contributed by atoms with Crippen LogP contribution >= 0.6 is 0 Å². The second kappa shape index (κ2) is 4.02. The first kappa shape index (κ1) is 9.70. The zero-order chi connectivity index (χ0) is 9.03. The first-order chi connectivity index (χ1) is 5.67. The van der Waals surface area contributed by atoms with E-state index in [-0.39, 0.29) is 5.75 Å². The Morgan fingerprint density at radius 3 is 2.92 bits per heavy atom. The fourth-order valence-electron chi connectivity index (χ4n) is 1.09. The predicted octanol–water partition coefficient (Wildman–Crippen LogP) is -0.879. The van der Waals surface area contributed by atoms with Crippen LogP contribution in [0.15, 0.2) is 12.7 Å². The number of hydrogen-bond donors (Lipinski definition) is 1. The van der Waals surface area contributed by atoms with Gasteiger partial charge in [0, 0.05) is 19.6 Å². The first-order valence-electron chi connectivity index (χ1n) is 3.86. The zero-order valence-electron chi connectivity index (χ0n) is 6.86. The Morgan fingerprint density at radius 1 is 1.67 bits per heavy atom. The van der Waals surface area contributed by atoms with E-state index in [1.807, 2.05) is 0 Å². The summed E-state index contributed by atoms with van der Waals surface area (Å²) in [6.45, 7) is 5.20. The molecule has 0 aromatic rings. The predicted molar refractivity (Wildman–Crippen MR) is 47.6 cm³/mol. The van der Waals surface area contributed by atoms with Crippen molar-refractivity contribution in [2.75, 3.05) is 25.4 Å². The molecule has 1 aliphatic heterocycles. The van der Waals surface area contributed by atoms with Gasteiger partial charge < -0.3 is 5.32 Å².